The summed E-state index contributed by atoms with van der Waals surface area (Å²) in [6, 6.07) is 0.126. The fourth-order valence-electron chi connectivity index (χ4n) is 3.45. The zero-order valence-electron chi connectivity index (χ0n) is 16.6. The fourth-order valence-corrected chi connectivity index (χ4v) is 3.45. The van der Waals surface area contributed by atoms with Crippen molar-refractivity contribution in [2.24, 2.45) is 5.92 Å². The van der Waals surface area contributed by atoms with E-state index in [1.807, 2.05) is 27.7 Å². The lowest BCUT2D eigenvalue weighted by molar-refractivity contribution is -0.183. The summed E-state index contributed by atoms with van der Waals surface area (Å²) in [5.41, 5.74) is -1.42. The van der Waals surface area contributed by atoms with Crippen LogP contribution in [-0.2, 0) is 4.79 Å². The standard InChI is InChI=1S/C19H38N2O5/c1-12(2)16(23)14(21-13(3)4)7-5-6-10-20-11-19(26)9-8-15(22)17(24)18(19)25/h12-15,17-18,20-22,24-26H,5-11H2,1-4H3/t14-,15?,17?,18?,19?/m0/s1. The Bertz CT molecular complexity index is 432. The molecule has 7 nitrogen and oxygen atoms in total. The van der Waals surface area contributed by atoms with Crippen molar-refractivity contribution in [1.29, 1.82) is 0 Å². The number of carbonyl (C=O) groups excluding carboxylic acids is 1. The number of carbonyl (C=O) groups is 1. The first-order valence-electron chi connectivity index (χ1n) is 9.85. The van der Waals surface area contributed by atoms with Crippen LogP contribution < -0.4 is 10.6 Å². The summed E-state index contributed by atoms with van der Waals surface area (Å²) in [6.07, 6.45) is -0.679. The summed E-state index contributed by atoms with van der Waals surface area (Å²) < 4.78 is 0. The third-order valence-electron chi connectivity index (χ3n) is 5.12. The highest BCUT2D eigenvalue weighted by Gasteiger charge is 2.46. The zero-order valence-corrected chi connectivity index (χ0v) is 16.6. The van der Waals surface area contributed by atoms with E-state index in [1.54, 1.807) is 0 Å². The van der Waals surface area contributed by atoms with Crippen LogP contribution in [0.25, 0.3) is 0 Å². The Morgan fingerprint density at radius 3 is 2.38 bits per heavy atom. The molecule has 1 saturated carbocycles. The molecule has 0 aromatic heterocycles. The van der Waals surface area contributed by atoms with Crippen LogP contribution in [0, 0.1) is 5.92 Å². The first kappa shape index (κ1) is 23.5. The number of aliphatic hydroxyl groups is 4. The minimum absolute atomic E-state index is 0.00758. The van der Waals surface area contributed by atoms with Gasteiger partial charge in [-0.05, 0) is 32.2 Å². The predicted molar refractivity (Wildman–Crippen MR) is 101 cm³/mol. The van der Waals surface area contributed by atoms with Crippen LogP contribution >= 0.6 is 0 Å². The van der Waals surface area contributed by atoms with E-state index in [1.165, 1.54) is 0 Å². The van der Waals surface area contributed by atoms with E-state index in [2.05, 4.69) is 10.6 Å². The van der Waals surface area contributed by atoms with Gasteiger partial charge in [-0.25, -0.2) is 0 Å². The van der Waals surface area contributed by atoms with Crippen LogP contribution in [0.1, 0.15) is 59.8 Å². The van der Waals surface area contributed by atoms with Crippen LogP contribution in [-0.4, -0.2) is 75.3 Å². The van der Waals surface area contributed by atoms with Crippen LogP contribution in [0.5, 0.6) is 0 Å². The first-order valence-corrected chi connectivity index (χ1v) is 9.85. The summed E-state index contributed by atoms with van der Waals surface area (Å²) in [6.45, 7) is 8.71. The van der Waals surface area contributed by atoms with Gasteiger partial charge in [-0.2, -0.15) is 0 Å². The second kappa shape index (κ2) is 10.7. The van der Waals surface area contributed by atoms with Gasteiger partial charge in [-0.15, -0.1) is 0 Å². The van der Waals surface area contributed by atoms with Gasteiger partial charge in [0.05, 0.1) is 12.1 Å². The van der Waals surface area contributed by atoms with E-state index < -0.39 is 23.9 Å². The second-order valence-corrected chi connectivity index (χ2v) is 8.25. The van der Waals surface area contributed by atoms with Gasteiger partial charge in [0, 0.05) is 18.5 Å². The number of Topliss-reactive ketones (excluding diaryl/α,β-unsaturated/α-hetero) is 1. The van der Waals surface area contributed by atoms with E-state index in [-0.39, 0.29) is 43.2 Å². The van der Waals surface area contributed by atoms with Gasteiger partial charge in [0.25, 0.3) is 0 Å². The lowest BCUT2D eigenvalue weighted by atomic mass is 9.79. The average Bonchev–Trinajstić information content (AvgIpc) is 2.57. The highest BCUT2D eigenvalue weighted by atomic mass is 16.4. The van der Waals surface area contributed by atoms with Crippen molar-refractivity contribution in [3.8, 4) is 0 Å². The molecule has 1 aliphatic rings. The summed E-state index contributed by atoms with van der Waals surface area (Å²) in [5.74, 6) is 0.243. The van der Waals surface area contributed by atoms with Crippen molar-refractivity contribution in [1.82, 2.24) is 10.6 Å². The Kier molecular flexibility index (Phi) is 9.64. The van der Waals surface area contributed by atoms with Gasteiger partial charge >= 0.3 is 0 Å². The first-order chi connectivity index (χ1) is 12.1. The lowest BCUT2D eigenvalue weighted by Crippen LogP contribution is -2.61. The number of hydrogen-bond acceptors (Lipinski definition) is 7. The van der Waals surface area contributed by atoms with Crippen molar-refractivity contribution < 1.29 is 25.2 Å². The normalized spacial score (nSPS) is 30.8. The minimum atomic E-state index is -1.42. The highest BCUT2D eigenvalue weighted by molar-refractivity contribution is 5.85. The molecule has 0 bridgehead atoms. The Labute approximate surface area is 157 Å². The van der Waals surface area contributed by atoms with Gasteiger partial charge in [-0.3, -0.25) is 4.79 Å². The minimum Gasteiger partial charge on any atom is -0.390 e. The molecule has 154 valence electrons. The van der Waals surface area contributed by atoms with Gasteiger partial charge in [0.1, 0.15) is 17.8 Å². The van der Waals surface area contributed by atoms with E-state index in [4.69, 9.17) is 0 Å². The van der Waals surface area contributed by atoms with Crippen molar-refractivity contribution in [3.63, 3.8) is 0 Å². The Morgan fingerprint density at radius 2 is 1.81 bits per heavy atom. The second-order valence-electron chi connectivity index (χ2n) is 8.25. The molecule has 1 aliphatic carbocycles. The summed E-state index contributed by atoms with van der Waals surface area (Å²) in [5, 5.41) is 46.2. The maximum atomic E-state index is 12.3. The Balaban J connectivity index is 2.32. The third-order valence-corrected chi connectivity index (χ3v) is 5.12. The molecule has 0 saturated heterocycles. The molecule has 1 rings (SSSR count). The van der Waals surface area contributed by atoms with Crippen LogP contribution in [0.2, 0.25) is 0 Å². The van der Waals surface area contributed by atoms with Crippen LogP contribution in [0.4, 0.5) is 0 Å². The molecule has 6 N–H and O–H groups in total. The summed E-state index contributed by atoms with van der Waals surface area (Å²) in [7, 11) is 0. The topological polar surface area (TPSA) is 122 Å². The number of rotatable bonds is 11. The predicted octanol–water partition coefficient (Wildman–Crippen LogP) is -0.0544. The van der Waals surface area contributed by atoms with Gasteiger partial charge in [-0.1, -0.05) is 34.1 Å². The highest BCUT2D eigenvalue weighted by Crippen LogP contribution is 2.28. The molecule has 0 amide bonds. The monoisotopic (exact) mass is 374 g/mol. The van der Waals surface area contributed by atoms with Gasteiger partial charge in [0.2, 0.25) is 0 Å². The number of hydrogen-bond donors (Lipinski definition) is 6. The molecule has 26 heavy (non-hydrogen) atoms. The molecule has 0 radical (unpaired) electrons. The molecule has 4 unspecified atom stereocenters. The van der Waals surface area contributed by atoms with E-state index >= 15 is 0 Å². The lowest BCUT2D eigenvalue weighted by Gasteiger charge is -2.42. The Hall–Kier alpha value is -0.570. The molecule has 0 heterocycles. The largest absolute Gasteiger partial charge is 0.390 e. The third kappa shape index (κ3) is 6.87. The number of ketones is 1. The average molecular weight is 375 g/mol. The summed E-state index contributed by atoms with van der Waals surface area (Å²) in [4.78, 5) is 12.3. The number of aliphatic hydroxyl groups excluding tert-OH is 3. The maximum absolute atomic E-state index is 12.3. The molecule has 0 spiro atoms. The molecular weight excluding hydrogens is 336 g/mol. The quantitative estimate of drug-likeness (QED) is 0.280. The Morgan fingerprint density at radius 1 is 1.15 bits per heavy atom. The smallest absolute Gasteiger partial charge is 0.152 e. The van der Waals surface area contributed by atoms with Gasteiger partial charge < -0.3 is 31.1 Å². The molecule has 1 fully saturated rings. The zero-order chi connectivity index (χ0) is 19.9. The maximum Gasteiger partial charge on any atom is 0.152 e. The number of unbranched alkanes of at least 4 members (excludes halogenated alkanes) is 1. The molecule has 5 atom stereocenters. The van der Waals surface area contributed by atoms with Crippen molar-refractivity contribution in [2.75, 3.05) is 13.1 Å². The van der Waals surface area contributed by atoms with Gasteiger partial charge in [0.15, 0.2) is 5.78 Å². The molecular formula is C19H38N2O5. The molecule has 0 aliphatic heterocycles. The SMILES string of the molecule is CC(C)N[C@@H](CCCCNCC1(O)CCC(O)C(O)C1O)C(=O)C(C)C. The van der Waals surface area contributed by atoms with Crippen molar-refractivity contribution in [2.45, 2.75) is 95.8 Å². The van der Waals surface area contributed by atoms with Crippen molar-refractivity contribution >= 4 is 5.78 Å². The molecule has 0 aromatic carbocycles. The molecule has 7 heteroatoms. The summed E-state index contributed by atoms with van der Waals surface area (Å²) >= 11 is 0. The van der Waals surface area contributed by atoms with E-state index in [9.17, 15) is 25.2 Å². The van der Waals surface area contributed by atoms with Crippen molar-refractivity contribution in [3.05, 3.63) is 0 Å². The van der Waals surface area contributed by atoms with E-state index in [0.29, 0.717) is 6.54 Å². The van der Waals surface area contributed by atoms with Crippen LogP contribution in [0.15, 0.2) is 0 Å². The molecule has 0 aromatic rings. The number of nitrogens with one attached hydrogen (secondary N) is 2. The fraction of sp³-hybridized carbons (Fsp3) is 0.947. The van der Waals surface area contributed by atoms with E-state index in [0.717, 1.165) is 19.3 Å². The van der Waals surface area contributed by atoms with Crippen LogP contribution in [0.3, 0.4) is 0 Å².